The summed E-state index contributed by atoms with van der Waals surface area (Å²) in [7, 11) is 0. The average Bonchev–Trinajstić information content (AvgIpc) is 2.94. The second-order valence-corrected chi connectivity index (χ2v) is 10.2. The number of nitrogens with one attached hydrogen (secondary N) is 3. The summed E-state index contributed by atoms with van der Waals surface area (Å²) in [5.41, 5.74) is 3.93. The molecule has 0 unspecified atom stereocenters. The molecule has 1 aliphatic rings. The molecule has 3 amide bonds. The van der Waals surface area contributed by atoms with E-state index in [4.69, 9.17) is 16.3 Å². The number of carbonyl (C=O) groups is 2. The smallest absolute Gasteiger partial charge is 0.323 e. The monoisotopic (exact) mass is 548 g/mol. The number of carbonyl (C=O) groups excluding carboxylic acids is 2. The van der Waals surface area contributed by atoms with E-state index in [1.165, 1.54) is 5.56 Å². The maximum absolute atomic E-state index is 13.3. The molecule has 0 radical (unpaired) electrons. The van der Waals surface area contributed by atoms with Gasteiger partial charge in [-0.2, -0.15) is 0 Å². The van der Waals surface area contributed by atoms with Crippen molar-refractivity contribution in [2.45, 2.75) is 32.6 Å². The summed E-state index contributed by atoms with van der Waals surface area (Å²) in [4.78, 5) is 28.2. The van der Waals surface area contributed by atoms with Crippen LogP contribution in [0.15, 0.2) is 72.8 Å². The van der Waals surface area contributed by atoms with Crippen molar-refractivity contribution in [1.82, 2.24) is 5.32 Å². The Morgan fingerprint density at radius 1 is 0.949 bits per heavy atom. The van der Waals surface area contributed by atoms with Crippen molar-refractivity contribution in [3.63, 3.8) is 0 Å². The van der Waals surface area contributed by atoms with Crippen LogP contribution in [0.5, 0.6) is 0 Å². The maximum Gasteiger partial charge on any atom is 0.323 e. The van der Waals surface area contributed by atoms with Gasteiger partial charge in [-0.25, -0.2) is 4.79 Å². The van der Waals surface area contributed by atoms with E-state index >= 15 is 0 Å². The lowest BCUT2D eigenvalue weighted by Gasteiger charge is -2.35. The molecular weight excluding hydrogens is 512 g/mol. The van der Waals surface area contributed by atoms with Gasteiger partial charge in [-0.15, -0.1) is 0 Å². The Morgan fingerprint density at radius 2 is 1.69 bits per heavy atom. The predicted octanol–water partition coefficient (Wildman–Crippen LogP) is 6.60. The molecule has 39 heavy (non-hydrogen) atoms. The van der Waals surface area contributed by atoms with E-state index in [-0.39, 0.29) is 5.91 Å². The van der Waals surface area contributed by atoms with Crippen LogP contribution in [0.3, 0.4) is 0 Å². The summed E-state index contributed by atoms with van der Waals surface area (Å²) in [5, 5.41) is 9.17. The second-order valence-electron chi connectivity index (χ2n) is 9.75. The molecule has 0 spiro atoms. The minimum Gasteiger partial charge on any atom is -0.382 e. The molecule has 3 aromatic rings. The maximum atomic E-state index is 13.3. The van der Waals surface area contributed by atoms with Crippen LogP contribution in [-0.4, -0.2) is 44.8 Å². The quantitative estimate of drug-likeness (QED) is 0.236. The highest BCUT2D eigenvalue weighted by Crippen LogP contribution is 2.30. The molecular formula is C31H37ClN4O3. The Hall–Kier alpha value is -3.55. The summed E-state index contributed by atoms with van der Waals surface area (Å²) >= 11 is 6.03. The van der Waals surface area contributed by atoms with Gasteiger partial charge in [0.1, 0.15) is 0 Å². The van der Waals surface area contributed by atoms with Crippen molar-refractivity contribution >= 4 is 40.6 Å². The fourth-order valence-corrected chi connectivity index (χ4v) is 5.06. The number of hydrogen-bond donors (Lipinski definition) is 3. The van der Waals surface area contributed by atoms with Gasteiger partial charge in [0.25, 0.3) is 5.91 Å². The lowest BCUT2D eigenvalue weighted by molar-refractivity contribution is 0.0944. The van der Waals surface area contributed by atoms with Crippen molar-refractivity contribution in [2.24, 2.45) is 5.92 Å². The van der Waals surface area contributed by atoms with E-state index in [9.17, 15) is 9.59 Å². The van der Waals surface area contributed by atoms with Crippen LogP contribution >= 0.6 is 11.6 Å². The molecule has 3 aromatic carbocycles. The first kappa shape index (κ1) is 28.5. The molecule has 206 valence electrons. The molecule has 0 aromatic heterocycles. The van der Waals surface area contributed by atoms with E-state index in [0.29, 0.717) is 47.6 Å². The van der Waals surface area contributed by atoms with Gasteiger partial charge in [0.15, 0.2) is 0 Å². The lowest BCUT2D eigenvalue weighted by Crippen LogP contribution is -2.36. The predicted molar refractivity (Wildman–Crippen MR) is 159 cm³/mol. The molecule has 7 nitrogen and oxygen atoms in total. The SMILES string of the molecule is CCOCCCNC(=O)c1cc(NC(=O)Nc2cccc(Cl)c2)ccc1N1CCC(Cc2ccccc2)CC1. The summed E-state index contributed by atoms with van der Waals surface area (Å²) in [6, 6.07) is 22.7. The number of anilines is 3. The number of piperidine rings is 1. The minimum atomic E-state index is -0.408. The molecule has 4 rings (SSSR count). The summed E-state index contributed by atoms with van der Waals surface area (Å²) in [6.07, 6.45) is 3.94. The zero-order chi connectivity index (χ0) is 27.5. The number of urea groups is 1. The van der Waals surface area contributed by atoms with Crippen LogP contribution in [0, 0.1) is 5.92 Å². The minimum absolute atomic E-state index is 0.160. The van der Waals surface area contributed by atoms with Crippen molar-refractivity contribution < 1.29 is 14.3 Å². The summed E-state index contributed by atoms with van der Waals surface area (Å²) < 4.78 is 5.39. The molecule has 0 bridgehead atoms. The highest BCUT2D eigenvalue weighted by molar-refractivity contribution is 6.30. The van der Waals surface area contributed by atoms with Gasteiger partial charge < -0.3 is 25.6 Å². The standard InChI is InChI=1S/C31H37ClN4O3/c1-2-39-19-7-16-33-30(37)28-22-27(35-31(38)34-26-11-6-10-25(32)21-26)12-13-29(28)36-17-14-24(15-18-36)20-23-8-4-3-5-9-23/h3-6,8-13,21-22,24H,2,7,14-20H2,1H3,(H,33,37)(H2,34,35,38). The van der Waals surface area contributed by atoms with E-state index < -0.39 is 6.03 Å². The fraction of sp³-hybridized carbons (Fsp3) is 0.355. The summed E-state index contributed by atoms with van der Waals surface area (Å²) in [6.45, 7) is 5.49. The molecule has 3 N–H and O–H groups in total. The first-order chi connectivity index (χ1) is 19.0. The van der Waals surface area contributed by atoms with Gasteiger partial charge >= 0.3 is 6.03 Å². The van der Waals surface area contributed by atoms with Gasteiger partial charge in [0.2, 0.25) is 0 Å². The van der Waals surface area contributed by atoms with Gasteiger partial charge in [0, 0.05) is 54.9 Å². The molecule has 1 fully saturated rings. The van der Waals surface area contributed by atoms with Gasteiger partial charge in [-0.1, -0.05) is 48.0 Å². The number of benzene rings is 3. The Bertz CT molecular complexity index is 1230. The largest absolute Gasteiger partial charge is 0.382 e. The van der Waals surface area contributed by atoms with Crippen LogP contribution in [0.1, 0.15) is 42.1 Å². The molecule has 8 heteroatoms. The average molecular weight is 549 g/mol. The normalized spacial score (nSPS) is 13.6. The van der Waals surface area contributed by atoms with E-state index in [1.54, 1.807) is 30.3 Å². The highest BCUT2D eigenvalue weighted by Gasteiger charge is 2.24. The number of amides is 3. The number of rotatable bonds is 11. The van der Waals surface area contributed by atoms with Crippen LogP contribution in [0.25, 0.3) is 0 Å². The van der Waals surface area contributed by atoms with Crippen LogP contribution < -0.4 is 20.9 Å². The van der Waals surface area contributed by atoms with Gasteiger partial charge in [0.05, 0.1) is 5.56 Å². The third-order valence-electron chi connectivity index (χ3n) is 6.86. The van der Waals surface area contributed by atoms with Crippen molar-refractivity contribution in [1.29, 1.82) is 0 Å². The molecule has 0 atom stereocenters. The highest BCUT2D eigenvalue weighted by atomic mass is 35.5. The first-order valence-corrected chi connectivity index (χ1v) is 14.0. The number of nitrogens with zero attached hydrogens (tertiary/aromatic N) is 1. The third kappa shape index (κ3) is 8.73. The van der Waals surface area contributed by atoms with Gasteiger partial charge in [-0.05, 0) is 80.5 Å². The Kier molecular flexibility index (Phi) is 10.6. The molecule has 1 saturated heterocycles. The van der Waals surface area contributed by atoms with Crippen LogP contribution in [0.2, 0.25) is 5.02 Å². The number of hydrogen-bond acceptors (Lipinski definition) is 4. The van der Waals surface area contributed by atoms with E-state index in [2.05, 4.69) is 51.2 Å². The van der Waals surface area contributed by atoms with Crippen molar-refractivity contribution in [2.75, 3.05) is 48.4 Å². The van der Waals surface area contributed by atoms with E-state index in [1.807, 2.05) is 19.1 Å². The lowest BCUT2D eigenvalue weighted by atomic mass is 9.89. The second kappa shape index (κ2) is 14.6. The molecule has 0 aliphatic carbocycles. The van der Waals surface area contributed by atoms with E-state index in [0.717, 1.165) is 44.5 Å². The van der Waals surface area contributed by atoms with Gasteiger partial charge in [-0.3, -0.25) is 4.79 Å². The van der Waals surface area contributed by atoms with Crippen molar-refractivity contribution in [3.8, 4) is 0 Å². The Morgan fingerprint density at radius 3 is 2.41 bits per heavy atom. The number of halogens is 1. The topological polar surface area (TPSA) is 82.7 Å². The zero-order valence-electron chi connectivity index (χ0n) is 22.4. The molecule has 1 heterocycles. The van der Waals surface area contributed by atoms with Crippen LogP contribution in [-0.2, 0) is 11.2 Å². The zero-order valence-corrected chi connectivity index (χ0v) is 23.2. The third-order valence-corrected chi connectivity index (χ3v) is 7.09. The van der Waals surface area contributed by atoms with Crippen molar-refractivity contribution in [3.05, 3.63) is 88.9 Å². The van der Waals surface area contributed by atoms with Crippen LogP contribution in [0.4, 0.5) is 21.9 Å². The molecule has 0 saturated carbocycles. The Labute approximate surface area is 235 Å². The first-order valence-electron chi connectivity index (χ1n) is 13.6. The summed E-state index contributed by atoms with van der Waals surface area (Å²) in [5.74, 6) is 0.461. The number of ether oxygens (including phenoxy) is 1. The Balaban J connectivity index is 1.44. The molecule has 1 aliphatic heterocycles. The fourth-order valence-electron chi connectivity index (χ4n) is 4.87.